The molecule has 0 amide bonds. The standard InChI is InChI=1S/C25H24O2/c1-2-3-19-27-24-16-9-20(10-17-24)11-18-25(26)23-14-12-22(13-15-23)21-7-5-4-6-8-21/h4-18H,2-3,19H2,1H3/b18-11+. The maximum Gasteiger partial charge on any atom is 0.185 e. The first kappa shape index (κ1) is 18.7. The molecule has 0 unspecified atom stereocenters. The molecule has 3 rings (SSSR count). The lowest BCUT2D eigenvalue weighted by atomic mass is 10.0. The Kier molecular flexibility index (Phi) is 6.59. The third-order valence-corrected chi connectivity index (χ3v) is 4.35. The van der Waals surface area contributed by atoms with Crippen molar-refractivity contribution in [2.75, 3.05) is 6.61 Å². The fraction of sp³-hybridized carbons (Fsp3) is 0.160. The van der Waals surface area contributed by atoms with E-state index in [0.29, 0.717) is 5.56 Å². The minimum Gasteiger partial charge on any atom is -0.494 e. The third kappa shape index (κ3) is 5.42. The molecular weight excluding hydrogens is 332 g/mol. The van der Waals surface area contributed by atoms with Gasteiger partial charge in [0.25, 0.3) is 0 Å². The Labute approximate surface area is 161 Å². The Morgan fingerprint density at radius 3 is 2.19 bits per heavy atom. The lowest BCUT2D eigenvalue weighted by Gasteiger charge is -2.05. The van der Waals surface area contributed by atoms with Crippen molar-refractivity contribution in [2.24, 2.45) is 0 Å². The number of benzene rings is 3. The Hall–Kier alpha value is -3.13. The van der Waals surface area contributed by atoms with Gasteiger partial charge in [-0.2, -0.15) is 0 Å². The van der Waals surface area contributed by atoms with Gasteiger partial charge in [-0.3, -0.25) is 4.79 Å². The van der Waals surface area contributed by atoms with Gasteiger partial charge in [-0.25, -0.2) is 0 Å². The van der Waals surface area contributed by atoms with Crippen molar-refractivity contribution >= 4 is 11.9 Å². The van der Waals surface area contributed by atoms with Gasteiger partial charge in [0.15, 0.2) is 5.78 Å². The number of ether oxygens (including phenoxy) is 1. The number of ketones is 1. The van der Waals surface area contributed by atoms with Crippen LogP contribution in [0.3, 0.4) is 0 Å². The number of carbonyl (C=O) groups excluding carboxylic acids is 1. The third-order valence-electron chi connectivity index (χ3n) is 4.35. The fourth-order valence-electron chi connectivity index (χ4n) is 2.74. The molecule has 0 radical (unpaired) electrons. The molecule has 2 heteroatoms. The quantitative estimate of drug-likeness (QED) is 0.264. The van der Waals surface area contributed by atoms with Crippen LogP contribution in [0, 0.1) is 0 Å². The van der Waals surface area contributed by atoms with Crippen molar-refractivity contribution in [3.05, 3.63) is 96.1 Å². The minimum atomic E-state index is -0.00196. The van der Waals surface area contributed by atoms with Gasteiger partial charge < -0.3 is 4.74 Å². The van der Waals surface area contributed by atoms with Gasteiger partial charge >= 0.3 is 0 Å². The van der Waals surface area contributed by atoms with Gasteiger partial charge in [0.05, 0.1) is 6.61 Å². The van der Waals surface area contributed by atoms with Crippen molar-refractivity contribution in [3.63, 3.8) is 0 Å². The summed E-state index contributed by atoms with van der Waals surface area (Å²) >= 11 is 0. The highest BCUT2D eigenvalue weighted by molar-refractivity contribution is 6.07. The summed E-state index contributed by atoms with van der Waals surface area (Å²) < 4.78 is 5.65. The van der Waals surface area contributed by atoms with E-state index in [9.17, 15) is 4.79 Å². The molecule has 3 aromatic rings. The predicted octanol–water partition coefficient (Wildman–Crippen LogP) is 6.43. The lowest BCUT2D eigenvalue weighted by Crippen LogP contribution is -1.96. The van der Waals surface area contributed by atoms with Gasteiger partial charge in [0.1, 0.15) is 5.75 Å². The number of hydrogen-bond acceptors (Lipinski definition) is 2. The van der Waals surface area contributed by atoms with Crippen LogP contribution in [0.4, 0.5) is 0 Å². The van der Waals surface area contributed by atoms with Crippen LogP contribution in [0.15, 0.2) is 84.9 Å². The normalized spacial score (nSPS) is 10.9. The maximum absolute atomic E-state index is 12.4. The van der Waals surface area contributed by atoms with Gasteiger partial charge in [-0.15, -0.1) is 0 Å². The van der Waals surface area contributed by atoms with Crippen LogP contribution in [0.1, 0.15) is 35.7 Å². The molecule has 3 aromatic carbocycles. The van der Waals surface area contributed by atoms with E-state index in [1.807, 2.05) is 72.8 Å². The number of hydrogen-bond donors (Lipinski definition) is 0. The van der Waals surface area contributed by atoms with Gasteiger partial charge in [-0.05, 0) is 41.3 Å². The molecule has 0 aromatic heterocycles. The van der Waals surface area contributed by atoms with Crippen LogP contribution < -0.4 is 4.74 Å². The second kappa shape index (κ2) is 9.54. The molecule has 2 nitrogen and oxygen atoms in total. The first-order valence-electron chi connectivity index (χ1n) is 9.37. The summed E-state index contributed by atoms with van der Waals surface area (Å²) in [4.78, 5) is 12.4. The average molecular weight is 356 g/mol. The number of allylic oxidation sites excluding steroid dienone is 1. The average Bonchev–Trinajstić information content (AvgIpc) is 2.74. The Morgan fingerprint density at radius 1 is 0.852 bits per heavy atom. The first-order valence-corrected chi connectivity index (χ1v) is 9.37. The molecule has 0 saturated heterocycles. The molecule has 0 atom stereocenters. The molecule has 0 aliphatic carbocycles. The summed E-state index contributed by atoms with van der Waals surface area (Å²) in [5.74, 6) is 0.862. The zero-order valence-electron chi connectivity index (χ0n) is 15.6. The first-order chi connectivity index (χ1) is 13.3. The molecule has 0 saturated carbocycles. The smallest absolute Gasteiger partial charge is 0.185 e. The molecule has 0 heterocycles. The summed E-state index contributed by atoms with van der Waals surface area (Å²) in [6, 6.07) is 25.7. The molecule has 0 spiro atoms. The zero-order chi connectivity index (χ0) is 18.9. The van der Waals surface area contributed by atoms with Crippen molar-refractivity contribution < 1.29 is 9.53 Å². The van der Waals surface area contributed by atoms with Crippen LogP contribution in [-0.2, 0) is 0 Å². The van der Waals surface area contributed by atoms with Crippen molar-refractivity contribution in [3.8, 4) is 16.9 Å². The summed E-state index contributed by atoms with van der Waals surface area (Å²) in [6.45, 7) is 2.88. The van der Waals surface area contributed by atoms with Crippen molar-refractivity contribution in [1.82, 2.24) is 0 Å². The predicted molar refractivity (Wildman–Crippen MR) is 112 cm³/mol. The highest BCUT2D eigenvalue weighted by Gasteiger charge is 2.03. The fourth-order valence-corrected chi connectivity index (χ4v) is 2.74. The summed E-state index contributed by atoms with van der Waals surface area (Å²) in [7, 11) is 0. The second-order valence-electron chi connectivity index (χ2n) is 6.41. The van der Waals surface area contributed by atoms with Crippen molar-refractivity contribution in [1.29, 1.82) is 0 Å². The van der Waals surface area contributed by atoms with Crippen LogP contribution in [0.2, 0.25) is 0 Å². The molecule has 27 heavy (non-hydrogen) atoms. The molecular formula is C25H24O2. The molecule has 0 bridgehead atoms. The molecule has 0 fully saturated rings. The molecule has 0 aliphatic heterocycles. The number of rotatable bonds is 8. The highest BCUT2D eigenvalue weighted by Crippen LogP contribution is 2.20. The van der Waals surface area contributed by atoms with E-state index in [1.165, 1.54) is 0 Å². The van der Waals surface area contributed by atoms with E-state index in [2.05, 4.69) is 19.1 Å². The van der Waals surface area contributed by atoms with Crippen LogP contribution in [-0.4, -0.2) is 12.4 Å². The van der Waals surface area contributed by atoms with Crippen LogP contribution in [0.25, 0.3) is 17.2 Å². The van der Waals surface area contributed by atoms with Crippen molar-refractivity contribution in [2.45, 2.75) is 19.8 Å². The molecule has 0 aliphatic rings. The zero-order valence-corrected chi connectivity index (χ0v) is 15.6. The Morgan fingerprint density at radius 2 is 1.52 bits per heavy atom. The van der Waals surface area contributed by atoms with Gasteiger partial charge in [0.2, 0.25) is 0 Å². The van der Waals surface area contributed by atoms with E-state index >= 15 is 0 Å². The summed E-state index contributed by atoms with van der Waals surface area (Å²) in [5.41, 5.74) is 3.92. The summed E-state index contributed by atoms with van der Waals surface area (Å²) in [5, 5.41) is 0. The van der Waals surface area contributed by atoms with Gasteiger partial charge in [-0.1, -0.05) is 86.2 Å². The van der Waals surface area contributed by atoms with Crippen LogP contribution in [0.5, 0.6) is 5.75 Å². The van der Waals surface area contributed by atoms with E-state index in [4.69, 9.17) is 4.74 Å². The summed E-state index contributed by atoms with van der Waals surface area (Å²) in [6.07, 6.45) is 5.63. The Bertz CT molecular complexity index is 876. The van der Waals surface area contributed by atoms with Crippen LogP contribution >= 0.6 is 0 Å². The Balaban J connectivity index is 1.61. The molecule has 0 N–H and O–H groups in total. The number of unbranched alkanes of at least 4 members (excludes halogenated alkanes) is 1. The highest BCUT2D eigenvalue weighted by atomic mass is 16.5. The van der Waals surface area contributed by atoms with E-state index in [1.54, 1.807) is 6.08 Å². The minimum absolute atomic E-state index is 0.00196. The van der Waals surface area contributed by atoms with E-state index < -0.39 is 0 Å². The maximum atomic E-state index is 12.4. The van der Waals surface area contributed by atoms with E-state index in [-0.39, 0.29) is 5.78 Å². The number of carbonyl (C=O) groups is 1. The SMILES string of the molecule is CCCCOc1ccc(/C=C/C(=O)c2ccc(-c3ccccc3)cc2)cc1. The molecule has 136 valence electrons. The van der Waals surface area contributed by atoms with Gasteiger partial charge in [0, 0.05) is 5.56 Å². The van der Waals surface area contributed by atoms with E-state index in [0.717, 1.165) is 41.9 Å². The second-order valence-corrected chi connectivity index (χ2v) is 6.41. The lowest BCUT2D eigenvalue weighted by molar-refractivity contribution is 0.104. The topological polar surface area (TPSA) is 26.3 Å². The largest absolute Gasteiger partial charge is 0.494 e. The monoisotopic (exact) mass is 356 g/mol.